The predicted molar refractivity (Wildman–Crippen MR) is 113 cm³/mol. The molecule has 0 saturated heterocycles. The van der Waals surface area contributed by atoms with Crippen molar-refractivity contribution < 1.29 is 19.4 Å². The Hall–Kier alpha value is -3.23. The lowest BCUT2D eigenvalue weighted by atomic mass is 10.1. The minimum atomic E-state index is -2.45. The summed E-state index contributed by atoms with van der Waals surface area (Å²) in [6.07, 6.45) is 1.01. The number of aryl methyl sites for hydroxylation is 1. The molecule has 0 fully saturated rings. The highest BCUT2D eigenvalue weighted by Crippen LogP contribution is 2.20. The Balaban J connectivity index is 0.000000592. The van der Waals surface area contributed by atoms with Gasteiger partial charge in [0.2, 0.25) is 0 Å². The van der Waals surface area contributed by atoms with Crippen LogP contribution in [0.25, 0.3) is 11.0 Å². The number of primary amides is 1. The number of alkyl halides is 2. The van der Waals surface area contributed by atoms with Crippen LogP contribution in [0.2, 0.25) is 0 Å². The number of aromatic nitrogens is 4. The van der Waals surface area contributed by atoms with Crippen LogP contribution in [0.1, 0.15) is 37.3 Å². The van der Waals surface area contributed by atoms with Gasteiger partial charge >= 0.3 is 0 Å². The van der Waals surface area contributed by atoms with E-state index in [2.05, 4.69) is 28.1 Å². The standard InChI is InChI=1S/C13H15F3N2.C6H7N3O.C2H4.H2/c1-8(2)5-13-17-10-6-9(14)3-4-11(10)18(13)7-12(15)16;1-4-2-9-5(3-8-4)6(7)10;1-2;/h3-4,6,8,12H,5,7H2,1-2H3;2-3H,1H3,(H2,7,10);1-2H2;1H. The third-order valence-corrected chi connectivity index (χ3v) is 3.73. The topological polar surface area (TPSA) is 86.7 Å². The molecule has 0 saturated carbocycles. The summed E-state index contributed by atoms with van der Waals surface area (Å²) in [6.45, 7) is 11.4. The van der Waals surface area contributed by atoms with E-state index in [1.165, 1.54) is 35.2 Å². The largest absolute Gasteiger partial charge is 0.364 e. The molecule has 6 nitrogen and oxygen atoms in total. The second-order valence-electron chi connectivity index (χ2n) is 6.67. The molecule has 0 atom stereocenters. The summed E-state index contributed by atoms with van der Waals surface area (Å²) >= 11 is 0. The first-order valence-corrected chi connectivity index (χ1v) is 9.18. The number of carbonyl (C=O) groups excluding carboxylic acids is 1. The van der Waals surface area contributed by atoms with Crippen molar-refractivity contribution in [2.45, 2.75) is 40.2 Å². The second kappa shape index (κ2) is 11.7. The minimum absolute atomic E-state index is 0. The van der Waals surface area contributed by atoms with E-state index in [1.807, 2.05) is 13.8 Å². The molecule has 1 amide bonds. The fraction of sp³-hybridized carbons (Fsp3) is 0.333. The molecule has 0 aliphatic rings. The highest BCUT2D eigenvalue weighted by atomic mass is 19.3. The van der Waals surface area contributed by atoms with Gasteiger partial charge in [0.1, 0.15) is 17.3 Å². The summed E-state index contributed by atoms with van der Waals surface area (Å²) in [5.41, 5.74) is 6.89. The van der Waals surface area contributed by atoms with Crippen LogP contribution in [0, 0.1) is 18.7 Å². The molecule has 0 aliphatic heterocycles. The van der Waals surface area contributed by atoms with Gasteiger partial charge in [0.05, 0.1) is 29.5 Å². The van der Waals surface area contributed by atoms with Crippen molar-refractivity contribution in [2.75, 3.05) is 0 Å². The average molecular weight is 423 g/mol. The monoisotopic (exact) mass is 423 g/mol. The maximum Gasteiger partial charge on any atom is 0.268 e. The Kier molecular flexibility index (Phi) is 9.67. The third-order valence-electron chi connectivity index (χ3n) is 3.73. The van der Waals surface area contributed by atoms with Crippen LogP contribution in [0.5, 0.6) is 0 Å². The summed E-state index contributed by atoms with van der Waals surface area (Å²) in [5.74, 6) is -0.0539. The second-order valence-corrected chi connectivity index (χ2v) is 6.67. The zero-order valence-electron chi connectivity index (χ0n) is 17.3. The third kappa shape index (κ3) is 7.31. The lowest BCUT2D eigenvalue weighted by Crippen LogP contribution is -2.13. The van der Waals surface area contributed by atoms with E-state index in [-0.39, 0.29) is 7.12 Å². The number of rotatable bonds is 5. The first-order valence-electron chi connectivity index (χ1n) is 9.18. The SMILES string of the molecule is C=C.CC(C)Cc1nc2cc(F)ccc2n1CC(F)F.Cc1cnc(C(N)=O)cn1.[HH]. The highest BCUT2D eigenvalue weighted by molar-refractivity contribution is 5.90. The number of halogens is 3. The molecule has 9 heteroatoms. The Morgan fingerprint density at radius 3 is 2.40 bits per heavy atom. The van der Waals surface area contributed by atoms with E-state index in [4.69, 9.17) is 5.73 Å². The number of nitrogens with two attached hydrogens (primary N) is 1. The molecular weight excluding hydrogens is 395 g/mol. The zero-order chi connectivity index (χ0) is 22.8. The van der Waals surface area contributed by atoms with E-state index in [1.54, 1.807) is 6.92 Å². The molecule has 30 heavy (non-hydrogen) atoms. The zero-order valence-corrected chi connectivity index (χ0v) is 17.3. The van der Waals surface area contributed by atoms with Crippen molar-refractivity contribution in [1.29, 1.82) is 0 Å². The summed E-state index contributed by atoms with van der Waals surface area (Å²) in [5, 5.41) is 0. The molecule has 164 valence electrons. The van der Waals surface area contributed by atoms with E-state index in [0.717, 1.165) is 5.69 Å². The fourth-order valence-electron chi connectivity index (χ4n) is 2.54. The van der Waals surface area contributed by atoms with Crippen molar-refractivity contribution in [3.8, 4) is 0 Å². The van der Waals surface area contributed by atoms with Gasteiger partial charge in [-0.3, -0.25) is 9.78 Å². The van der Waals surface area contributed by atoms with Crippen molar-refractivity contribution >= 4 is 16.9 Å². The van der Waals surface area contributed by atoms with Crippen molar-refractivity contribution in [2.24, 2.45) is 11.7 Å². The van der Waals surface area contributed by atoms with Gasteiger partial charge in [0.15, 0.2) is 0 Å². The first kappa shape index (κ1) is 24.8. The van der Waals surface area contributed by atoms with Crippen LogP contribution in [-0.2, 0) is 13.0 Å². The predicted octanol–water partition coefficient (Wildman–Crippen LogP) is 4.57. The van der Waals surface area contributed by atoms with Crippen LogP contribution < -0.4 is 5.73 Å². The molecular formula is C21H28F3N5O. The Bertz CT molecular complexity index is 962. The molecule has 2 heterocycles. The number of carbonyl (C=O) groups is 1. The fourth-order valence-corrected chi connectivity index (χ4v) is 2.54. The number of hydrogen-bond acceptors (Lipinski definition) is 4. The van der Waals surface area contributed by atoms with Gasteiger partial charge in [0, 0.05) is 20.1 Å². The maximum atomic E-state index is 13.1. The summed E-state index contributed by atoms with van der Waals surface area (Å²) in [7, 11) is 0. The van der Waals surface area contributed by atoms with Gasteiger partial charge in [-0.2, -0.15) is 0 Å². The Labute approximate surface area is 175 Å². The summed E-state index contributed by atoms with van der Waals surface area (Å²) < 4.78 is 39.8. The van der Waals surface area contributed by atoms with E-state index >= 15 is 0 Å². The van der Waals surface area contributed by atoms with Gasteiger partial charge in [0.25, 0.3) is 12.3 Å². The molecule has 3 rings (SSSR count). The lowest BCUT2D eigenvalue weighted by Gasteiger charge is -2.09. The molecule has 2 aromatic heterocycles. The number of amides is 1. The average Bonchev–Trinajstić information content (AvgIpc) is 2.99. The van der Waals surface area contributed by atoms with Crippen LogP contribution in [-0.4, -0.2) is 31.9 Å². The molecule has 2 N–H and O–H groups in total. The van der Waals surface area contributed by atoms with Crippen molar-refractivity contribution in [3.05, 3.63) is 66.8 Å². The van der Waals surface area contributed by atoms with Crippen LogP contribution in [0.15, 0.2) is 43.8 Å². The minimum Gasteiger partial charge on any atom is -0.364 e. The number of benzene rings is 1. The Morgan fingerprint density at radius 1 is 1.23 bits per heavy atom. The first-order chi connectivity index (χ1) is 14.2. The van der Waals surface area contributed by atoms with Gasteiger partial charge in [-0.1, -0.05) is 13.8 Å². The molecule has 1 aromatic carbocycles. The number of imidazole rings is 1. The van der Waals surface area contributed by atoms with E-state index in [9.17, 15) is 18.0 Å². The van der Waals surface area contributed by atoms with Gasteiger partial charge in [-0.15, -0.1) is 13.2 Å². The smallest absolute Gasteiger partial charge is 0.268 e. The summed E-state index contributed by atoms with van der Waals surface area (Å²) in [4.78, 5) is 22.3. The number of fused-ring (bicyclic) bond motifs is 1. The number of nitrogens with zero attached hydrogens (tertiary/aromatic N) is 4. The molecule has 0 bridgehead atoms. The normalized spacial score (nSPS) is 10.4. The van der Waals surface area contributed by atoms with Crippen LogP contribution in [0.4, 0.5) is 13.2 Å². The Morgan fingerprint density at radius 2 is 1.90 bits per heavy atom. The van der Waals surface area contributed by atoms with Gasteiger partial charge in [-0.25, -0.2) is 23.1 Å². The van der Waals surface area contributed by atoms with Crippen molar-refractivity contribution in [1.82, 2.24) is 19.5 Å². The molecule has 0 radical (unpaired) electrons. The van der Waals surface area contributed by atoms with Gasteiger partial charge < -0.3 is 10.3 Å². The van der Waals surface area contributed by atoms with Crippen molar-refractivity contribution in [3.63, 3.8) is 0 Å². The lowest BCUT2D eigenvalue weighted by molar-refractivity contribution is 0.0995. The van der Waals surface area contributed by atoms with E-state index in [0.29, 0.717) is 29.2 Å². The van der Waals surface area contributed by atoms with E-state index < -0.39 is 24.7 Å². The van der Waals surface area contributed by atoms with Crippen LogP contribution in [0.3, 0.4) is 0 Å². The molecule has 0 spiro atoms. The van der Waals surface area contributed by atoms with Gasteiger partial charge in [-0.05, 0) is 25.0 Å². The summed E-state index contributed by atoms with van der Waals surface area (Å²) in [6, 6.07) is 4.05. The van der Waals surface area contributed by atoms with Crippen LogP contribution >= 0.6 is 0 Å². The number of hydrogen-bond donors (Lipinski definition) is 1. The molecule has 3 aromatic rings. The molecule has 0 unspecified atom stereocenters. The molecule has 0 aliphatic carbocycles. The quantitative estimate of drug-likeness (QED) is 0.609. The highest BCUT2D eigenvalue weighted by Gasteiger charge is 2.15. The maximum absolute atomic E-state index is 13.1.